The summed E-state index contributed by atoms with van der Waals surface area (Å²) in [5.74, 6) is -0.673. The Bertz CT molecular complexity index is 164. The summed E-state index contributed by atoms with van der Waals surface area (Å²) in [4.78, 5) is 10.5. The van der Waals surface area contributed by atoms with Gasteiger partial charge in [0.2, 0.25) is 0 Å². The topological polar surface area (TPSA) is 37.3 Å². The Hall–Kier alpha value is 0.200. The van der Waals surface area contributed by atoms with Crippen LogP contribution in [0.2, 0.25) is 0 Å². The van der Waals surface area contributed by atoms with Gasteiger partial charge in [-0.2, -0.15) is 0 Å². The lowest BCUT2D eigenvalue weighted by Crippen LogP contribution is -2.19. The molecule has 1 saturated carbocycles. The van der Waals surface area contributed by atoms with Gasteiger partial charge in [0, 0.05) is 0 Å². The number of rotatable bonds is 1. The molecule has 1 aliphatic carbocycles. The smallest absolute Gasteiger partial charge is 0.320 e. The van der Waals surface area contributed by atoms with E-state index in [0.717, 1.165) is 6.42 Å². The van der Waals surface area contributed by atoms with Gasteiger partial charge < -0.3 is 5.11 Å². The summed E-state index contributed by atoms with van der Waals surface area (Å²) in [5, 5.41) is 8.64. The zero-order chi connectivity index (χ0) is 7.28. The van der Waals surface area contributed by atoms with Gasteiger partial charge in [0.25, 0.3) is 0 Å². The van der Waals surface area contributed by atoms with E-state index in [1.165, 1.54) is 0 Å². The molecule has 0 aliphatic heterocycles. The van der Waals surface area contributed by atoms with Crippen LogP contribution in [0.4, 0.5) is 0 Å². The lowest BCUT2D eigenvalue weighted by atomic mass is 10.1. The Morgan fingerprint density at radius 1 is 1.67 bits per heavy atom. The fraction of sp³-hybridized carbons (Fsp3) is 0.833. The van der Waals surface area contributed by atoms with Crippen molar-refractivity contribution in [1.82, 2.24) is 0 Å². The van der Waals surface area contributed by atoms with Crippen molar-refractivity contribution in [2.75, 3.05) is 0 Å². The highest BCUT2D eigenvalue weighted by molar-refractivity contribution is 14.1. The van der Waals surface area contributed by atoms with Gasteiger partial charge >= 0.3 is 5.97 Å². The van der Waals surface area contributed by atoms with Gasteiger partial charge in [-0.15, -0.1) is 0 Å². The van der Waals surface area contributed by atoms with Crippen LogP contribution in [0, 0.1) is 5.41 Å². The fourth-order valence-corrected chi connectivity index (χ4v) is 1.88. The summed E-state index contributed by atoms with van der Waals surface area (Å²) in [6.07, 6.45) is 0.801. The van der Waals surface area contributed by atoms with Crippen LogP contribution >= 0.6 is 22.6 Å². The second-order valence-electron chi connectivity index (χ2n) is 3.17. The molecular formula is C6H9IO2. The second kappa shape index (κ2) is 1.62. The first-order valence-electron chi connectivity index (χ1n) is 2.82. The average molecular weight is 240 g/mol. The van der Waals surface area contributed by atoms with Crippen molar-refractivity contribution in [3.8, 4) is 0 Å². The Kier molecular flexibility index (Phi) is 1.32. The van der Waals surface area contributed by atoms with Crippen molar-refractivity contribution in [2.45, 2.75) is 23.7 Å². The minimum absolute atomic E-state index is 0.0133. The van der Waals surface area contributed by atoms with E-state index in [0.29, 0.717) is 0 Å². The molecule has 1 rings (SSSR count). The molecule has 2 nitrogen and oxygen atoms in total. The third kappa shape index (κ3) is 0.855. The van der Waals surface area contributed by atoms with Crippen LogP contribution in [-0.4, -0.2) is 14.5 Å². The number of carbonyl (C=O) groups is 1. The molecule has 0 aromatic rings. The Labute approximate surface area is 67.8 Å². The molecule has 1 fully saturated rings. The number of hydrogen-bond donors (Lipinski definition) is 1. The van der Waals surface area contributed by atoms with E-state index in [1.54, 1.807) is 0 Å². The SMILES string of the molecule is CC1(C)CC1(I)C(=O)O. The molecule has 1 unspecified atom stereocenters. The standard InChI is InChI=1S/C6H9IO2/c1-5(2)3-6(5,7)4(8)9/h3H2,1-2H3,(H,8,9). The number of halogens is 1. The molecule has 0 heterocycles. The minimum atomic E-state index is -0.673. The lowest BCUT2D eigenvalue weighted by Gasteiger charge is -2.04. The minimum Gasteiger partial charge on any atom is -0.480 e. The van der Waals surface area contributed by atoms with E-state index >= 15 is 0 Å². The number of aliphatic carboxylic acids is 1. The van der Waals surface area contributed by atoms with Crippen molar-refractivity contribution in [1.29, 1.82) is 0 Å². The highest BCUT2D eigenvalue weighted by Crippen LogP contribution is 2.62. The second-order valence-corrected chi connectivity index (χ2v) is 5.01. The van der Waals surface area contributed by atoms with Gasteiger partial charge in [-0.1, -0.05) is 36.4 Å². The summed E-state index contributed by atoms with van der Waals surface area (Å²) >= 11 is 2.02. The van der Waals surface area contributed by atoms with Crippen molar-refractivity contribution in [3.63, 3.8) is 0 Å². The quantitative estimate of drug-likeness (QED) is 0.559. The van der Waals surface area contributed by atoms with Gasteiger partial charge in [-0.25, -0.2) is 0 Å². The van der Waals surface area contributed by atoms with Crippen LogP contribution in [0.15, 0.2) is 0 Å². The first kappa shape index (κ1) is 7.31. The van der Waals surface area contributed by atoms with Gasteiger partial charge in [-0.3, -0.25) is 4.79 Å². The van der Waals surface area contributed by atoms with Crippen LogP contribution in [0.25, 0.3) is 0 Å². The molecule has 1 N–H and O–H groups in total. The zero-order valence-corrected chi connectivity index (χ0v) is 7.60. The van der Waals surface area contributed by atoms with Gasteiger partial charge in [-0.05, 0) is 11.8 Å². The molecule has 0 amide bonds. The normalized spacial score (nSPS) is 38.1. The molecule has 0 aromatic heterocycles. The molecule has 0 saturated heterocycles. The molecule has 1 atom stereocenters. The van der Waals surface area contributed by atoms with Gasteiger partial charge in [0.1, 0.15) is 3.42 Å². The summed E-state index contributed by atoms with van der Waals surface area (Å²) in [7, 11) is 0. The number of alkyl halides is 1. The van der Waals surface area contributed by atoms with Crippen molar-refractivity contribution in [3.05, 3.63) is 0 Å². The zero-order valence-electron chi connectivity index (χ0n) is 5.44. The van der Waals surface area contributed by atoms with E-state index in [1.807, 2.05) is 36.4 Å². The van der Waals surface area contributed by atoms with Crippen molar-refractivity contribution < 1.29 is 9.90 Å². The maximum absolute atomic E-state index is 10.5. The maximum Gasteiger partial charge on any atom is 0.320 e. The Balaban J connectivity index is 2.74. The van der Waals surface area contributed by atoms with Crippen LogP contribution < -0.4 is 0 Å². The van der Waals surface area contributed by atoms with Crippen molar-refractivity contribution >= 4 is 28.6 Å². The van der Waals surface area contributed by atoms with E-state index < -0.39 is 9.39 Å². The van der Waals surface area contributed by atoms with E-state index in [9.17, 15) is 4.79 Å². The predicted molar refractivity (Wildman–Crippen MR) is 42.8 cm³/mol. The molecular weight excluding hydrogens is 231 g/mol. The van der Waals surface area contributed by atoms with E-state index in [4.69, 9.17) is 5.11 Å². The number of carboxylic acids is 1. The van der Waals surface area contributed by atoms with E-state index in [-0.39, 0.29) is 5.41 Å². The largest absolute Gasteiger partial charge is 0.480 e. The third-order valence-corrected chi connectivity index (χ3v) is 4.28. The molecule has 1 aliphatic rings. The lowest BCUT2D eigenvalue weighted by molar-refractivity contribution is -0.137. The van der Waals surface area contributed by atoms with Crippen LogP contribution in [0.5, 0.6) is 0 Å². The molecule has 52 valence electrons. The van der Waals surface area contributed by atoms with Crippen LogP contribution in [0.3, 0.4) is 0 Å². The first-order chi connectivity index (χ1) is 3.90. The molecule has 0 spiro atoms. The average Bonchev–Trinajstić information content (AvgIpc) is 2.08. The molecule has 0 radical (unpaired) electrons. The van der Waals surface area contributed by atoms with Gasteiger partial charge in [0.05, 0.1) is 0 Å². The molecule has 0 bridgehead atoms. The molecule has 3 heteroatoms. The first-order valence-corrected chi connectivity index (χ1v) is 3.90. The van der Waals surface area contributed by atoms with Crippen molar-refractivity contribution in [2.24, 2.45) is 5.41 Å². The summed E-state index contributed by atoms with van der Waals surface area (Å²) < 4.78 is -0.467. The summed E-state index contributed by atoms with van der Waals surface area (Å²) in [6, 6.07) is 0. The Morgan fingerprint density at radius 3 is 2.00 bits per heavy atom. The highest BCUT2D eigenvalue weighted by Gasteiger charge is 2.65. The highest BCUT2D eigenvalue weighted by atomic mass is 127. The monoisotopic (exact) mass is 240 g/mol. The molecule has 9 heavy (non-hydrogen) atoms. The number of carboxylic acid groups (broad SMARTS) is 1. The maximum atomic E-state index is 10.5. The molecule has 0 aromatic carbocycles. The summed E-state index contributed by atoms with van der Waals surface area (Å²) in [6.45, 7) is 3.96. The van der Waals surface area contributed by atoms with Crippen LogP contribution in [0.1, 0.15) is 20.3 Å². The fourth-order valence-electron chi connectivity index (χ4n) is 0.930. The van der Waals surface area contributed by atoms with Gasteiger partial charge in [0.15, 0.2) is 0 Å². The third-order valence-electron chi connectivity index (χ3n) is 1.97. The predicted octanol–water partition coefficient (Wildman–Crippen LogP) is 1.67. The van der Waals surface area contributed by atoms with Crippen LogP contribution in [-0.2, 0) is 4.79 Å². The Morgan fingerprint density at radius 2 is 2.00 bits per heavy atom. The number of hydrogen-bond acceptors (Lipinski definition) is 1. The van der Waals surface area contributed by atoms with E-state index in [2.05, 4.69) is 0 Å². The summed E-state index contributed by atoms with van der Waals surface area (Å²) in [5.41, 5.74) is 0.0133.